The molecule has 1 aromatic carbocycles. The molecule has 138 valence electrons. The van der Waals surface area contributed by atoms with Gasteiger partial charge in [0.1, 0.15) is 0 Å². The molecule has 1 saturated heterocycles. The lowest BCUT2D eigenvalue weighted by atomic mass is 10.0. The molecule has 8 nitrogen and oxygen atoms in total. The number of sulfone groups is 1. The third-order valence-corrected chi connectivity index (χ3v) is 6.67. The third kappa shape index (κ3) is 3.61. The van der Waals surface area contributed by atoms with Crippen molar-refractivity contribution in [3.63, 3.8) is 0 Å². The summed E-state index contributed by atoms with van der Waals surface area (Å²) in [6, 6.07) is 9.94. The minimum Gasteiger partial charge on any atom is -0.381 e. The van der Waals surface area contributed by atoms with Crippen molar-refractivity contribution in [3.8, 4) is 11.1 Å². The first-order valence-electron chi connectivity index (χ1n) is 7.95. The van der Waals surface area contributed by atoms with Gasteiger partial charge in [-0.3, -0.25) is 20.2 Å². The van der Waals surface area contributed by atoms with Gasteiger partial charge in [0, 0.05) is 19.0 Å². The lowest BCUT2D eigenvalue weighted by Crippen LogP contribution is -2.46. The molecule has 2 N–H and O–H groups in total. The van der Waals surface area contributed by atoms with E-state index in [0.717, 1.165) is 11.1 Å². The monoisotopic (exact) mass is 378 g/mol. The van der Waals surface area contributed by atoms with Crippen LogP contribution in [0.1, 0.15) is 6.42 Å². The number of hydroxylamine groups is 2. The van der Waals surface area contributed by atoms with Crippen molar-refractivity contribution in [1.82, 2.24) is 10.2 Å². The topological polar surface area (TPSA) is 117 Å². The Kier molecular flexibility index (Phi) is 5.33. The summed E-state index contributed by atoms with van der Waals surface area (Å²) >= 11 is 0. The Morgan fingerprint density at radius 2 is 1.88 bits per heavy atom. The second kappa shape index (κ2) is 7.50. The molecule has 0 bridgehead atoms. The van der Waals surface area contributed by atoms with Crippen molar-refractivity contribution < 1.29 is 28.4 Å². The molecular formula is C17H18N2O6S. The molecule has 1 fully saturated rings. The van der Waals surface area contributed by atoms with Gasteiger partial charge in [0.25, 0.3) is 5.91 Å². The van der Waals surface area contributed by atoms with Gasteiger partial charge in [-0.1, -0.05) is 23.4 Å². The van der Waals surface area contributed by atoms with E-state index in [2.05, 4.69) is 4.98 Å². The fourth-order valence-corrected chi connectivity index (χ4v) is 4.91. The van der Waals surface area contributed by atoms with E-state index >= 15 is 0 Å². The van der Waals surface area contributed by atoms with E-state index < -0.39 is 32.1 Å². The second-order valence-electron chi connectivity index (χ2n) is 5.95. The van der Waals surface area contributed by atoms with Crippen molar-refractivity contribution in [2.75, 3.05) is 13.2 Å². The minimum absolute atomic E-state index is 0.0669. The van der Waals surface area contributed by atoms with E-state index in [4.69, 9.17) is 15.2 Å². The van der Waals surface area contributed by atoms with E-state index in [1.807, 2.05) is 6.07 Å². The predicted octanol–water partition coefficient (Wildman–Crippen LogP) is 1.53. The maximum atomic E-state index is 13.0. The van der Waals surface area contributed by atoms with Crippen LogP contribution >= 0.6 is 0 Å². The smallest absolute Gasteiger partial charge is 0.279 e. The molecule has 2 unspecified atom stereocenters. The molecule has 0 spiro atoms. The second-order valence-corrected chi connectivity index (χ2v) is 8.11. The van der Waals surface area contributed by atoms with Crippen LogP contribution in [0.3, 0.4) is 0 Å². The summed E-state index contributed by atoms with van der Waals surface area (Å²) in [5.41, 5.74) is 1.67. The predicted molar refractivity (Wildman–Crippen MR) is 90.0 cm³/mol. The van der Waals surface area contributed by atoms with Crippen molar-refractivity contribution in [2.45, 2.75) is 16.6 Å². The Morgan fingerprint density at radius 3 is 2.50 bits per heavy atom. The van der Waals surface area contributed by atoms with Gasteiger partial charge in [0.05, 0.1) is 22.7 Å². The van der Waals surface area contributed by atoms with E-state index in [0.29, 0.717) is 0 Å². The molecule has 0 radical (unpaired) electrons. The molecule has 9 heteroatoms. The molecule has 3 rings (SSSR count). The Bertz CT molecular complexity index is 868. The first kappa shape index (κ1) is 18.5. The highest BCUT2D eigenvalue weighted by Gasteiger charge is 2.42. The third-order valence-electron chi connectivity index (χ3n) is 4.38. The number of hydrogen-bond acceptors (Lipinski definition) is 7. The van der Waals surface area contributed by atoms with Crippen molar-refractivity contribution in [2.24, 2.45) is 5.92 Å². The first-order chi connectivity index (χ1) is 12.4. The van der Waals surface area contributed by atoms with Gasteiger partial charge in [0.15, 0.2) is 9.84 Å². The van der Waals surface area contributed by atoms with Gasteiger partial charge in [-0.25, -0.2) is 8.42 Å². The lowest BCUT2D eigenvalue weighted by molar-refractivity contribution is -0.289. The van der Waals surface area contributed by atoms with Crippen LogP contribution in [0.5, 0.6) is 0 Å². The highest BCUT2D eigenvalue weighted by Crippen LogP contribution is 2.30. The molecule has 1 aliphatic rings. The molecule has 1 aromatic heterocycles. The summed E-state index contributed by atoms with van der Waals surface area (Å²) in [5, 5.41) is 16.3. The molecule has 0 saturated carbocycles. The summed E-state index contributed by atoms with van der Waals surface area (Å²) in [6.07, 6.45) is 3.42. The van der Waals surface area contributed by atoms with Crippen LogP contribution in [0.2, 0.25) is 0 Å². The normalized spacial score (nSPS) is 20.5. The number of amides is 1. The molecule has 1 amide bonds. The van der Waals surface area contributed by atoms with Crippen molar-refractivity contribution >= 4 is 15.7 Å². The Hall–Kier alpha value is -2.33. The highest BCUT2D eigenvalue weighted by atomic mass is 32.2. The molecule has 2 heterocycles. The average Bonchev–Trinajstić information content (AvgIpc) is 2.68. The number of carbonyl (C=O) groups excluding carboxylic acids is 1. The Balaban J connectivity index is 1.90. The van der Waals surface area contributed by atoms with Gasteiger partial charge in [-0.15, -0.1) is 0 Å². The van der Waals surface area contributed by atoms with E-state index in [-0.39, 0.29) is 24.5 Å². The SMILES string of the molecule is O=C(C1COCCC1S(=O)(=O)c1ccc(-c2cccnc2)cc1)N(O)O. The molecule has 0 aliphatic carbocycles. The summed E-state index contributed by atoms with van der Waals surface area (Å²) in [7, 11) is -3.85. The number of aromatic nitrogens is 1. The van der Waals surface area contributed by atoms with E-state index in [9.17, 15) is 13.2 Å². The number of benzene rings is 1. The van der Waals surface area contributed by atoms with E-state index in [1.54, 1.807) is 30.6 Å². The molecule has 26 heavy (non-hydrogen) atoms. The van der Waals surface area contributed by atoms with Gasteiger partial charge in [0.2, 0.25) is 0 Å². The Labute approximate surface area is 150 Å². The van der Waals surface area contributed by atoms with Crippen LogP contribution in [0.25, 0.3) is 11.1 Å². The summed E-state index contributed by atoms with van der Waals surface area (Å²) in [6.45, 7) is -0.00752. The summed E-state index contributed by atoms with van der Waals surface area (Å²) in [4.78, 5) is 16.0. The molecular weight excluding hydrogens is 360 g/mol. The van der Waals surface area contributed by atoms with Crippen LogP contribution in [-0.4, -0.2) is 53.4 Å². The quantitative estimate of drug-likeness (QED) is 0.612. The number of hydrogen-bond donors (Lipinski definition) is 2. The number of nitrogens with zero attached hydrogens (tertiary/aromatic N) is 2. The van der Waals surface area contributed by atoms with Gasteiger partial charge < -0.3 is 4.74 Å². The summed E-state index contributed by atoms with van der Waals surface area (Å²) < 4.78 is 31.1. The minimum atomic E-state index is -3.85. The zero-order valence-electron chi connectivity index (χ0n) is 13.7. The number of rotatable bonds is 4. The van der Waals surface area contributed by atoms with Crippen molar-refractivity contribution in [1.29, 1.82) is 0 Å². The number of carbonyl (C=O) groups is 1. The van der Waals surface area contributed by atoms with Crippen LogP contribution in [0, 0.1) is 5.92 Å². The van der Waals surface area contributed by atoms with Crippen LogP contribution in [0.15, 0.2) is 53.7 Å². The Morgan fingerprint density at radius 1 is 1.15 bits per heavy atom. The fourth-order valence-electron chi connectivity index (χ4n) is 3.01. The summed E-state index contributed by atoms with van der Waals surface area (Å²) in [5.74, 6) is -2.29. The van der Waals surface area contributed by atoms with Gasteiger partial charge in [-0.2, -0.15) is 0 Å². The maximum Gasteiger partial charge on any atom is 0.279 e. The highest BCUT2D eigenvalue weighted by molar-refractivity contribution is 7.92. The van der Waals surface area contributed by atoms with Crippen molar-refractivity contribution in [3.05, 3.63) is 48.8 Å². The maximum absolute atomic E-state index is 13.0. The van der Waals surface area contributed by atoms with Crippen LogP contribution < -0.4 is 0 Å². The number of pyridine rings is 1. The molecule has 2 aromatic rings. The molecule has 1 aliphatic heterocycles. The van der Waals surface area contributed by atoms with Gasteiger partial charge >= 0.3 is 0 Å². The average molecular weight is 378 g/mol. The van der Waals surface area contributed by atoms with Gasteiger partial charge in [-0.05, 0) is 35.7 Å². The van der Waals surface area contributed by atoms with Crippen LogP contribution in [-0.2, 0) is 19.4 Å². The fraction of sp³-hybridized carbons (Fsp3) is 0.294. The lowest BCUT2D eigenvalue weighted by Gasteiger charge is -2.30. The molecule has 2 atom stereocenters. The standard InChI is InChI=1S/C17H18N2O6S/c20-17(19(21)22)15-11-25-9-7-16(15)26(23,24)14-5-3-12(4-6-14)13-2-1-8-18-10-13/h1-6,8,10,15-16,21-22H,7,9,11H2. The van der Waals surface area contributed by atoms with E-state index in [1.165, 1.54) is 12.1 Å². The van der Waals surface area contributed by atoms with Crippen LogP contribution in [0.4, 0.5) is 0 Å². The first-order valence-corrected chi connectivity index (χ1v) is 9.49. The number of ether oxygens (including phenoxy) is 1. The zero-order chi connectivity index (χ0) is 18.7. The largest absolute Gasteiger partial charge is 0.381 e. The zero-order valence-corrected chi connectivity index (χ0v) is 14.5.